The van der Waals surface area contributed by atoms with Crippen molar-refractivity contribution in [1.82, 2.24) is 15.0 Å². The SMILES string of the molecule is Clc1cc(Cl)nc(Cc2cccnc2)n1. The summed E-state index contributed by atoms with van der Waals surface area (Å²) in [7, 11) is 0. The van der Waals surface area contributed by atoms with Gasteiger partial charge in [-0.15, -0.1) is 0 Å². The van der Waals surface area contributed by atoms with E-state index in [0.29, 0.717) is 22.6 Å². The third-order valence-electron chi connectivity index (χ3n) is 1.79. The molecule has 0 unspecified atom stereocenters. The van der Waals surface area contributed by atoms with Crippen LogP contribution in [0.2, 0.25) is 10.3 Å². The summed E-state index contributed by atoms with van der Waals surface area (Å²) in [6.07, 6.45) is 4.06. The van der Waals surface area contributed by atoms with Crippen LogP contribution in [-0.4, -0.2) is 15.0 Å². The number of pyridine rings is 1. The van der Waals surface area contributed by atoms with Gasteiger partial charge in [-0.25, -0.2) is 9.97 Å². The van der Waals surface area contributed by atoms with Crippen molar-refractivity contribution in [2.75, 3.05) is 0 Å². The maximum Gasteiger partial charge on any atom is 0.136 e. The molecular weight excluding hydrogens is 233 g/mol. The van der Waals surface area contributed by atoms with Crippen LogP contribution in [-0.2, 0) is 6.42 Å². The molecule has 0 saturated heterocycles. The first-order valence-electron chi connectivity index (χ1n) is 4.32. The van der Waals surface area contributed by atoms with E-state index in [0.717, 1.165) is 5.56 Å². The summed E-state index contributed by atoms with van der Waals surface area (Å²) in [5.74, 6) is 0.598. The van der Waals surface area contributed by atoms with Crippen molar-refractivity contribution in [2.45, 2.75) is 6.42 Å². The van der Waals surface area contributed by atoms with Crippen LogP contribution < -0.4 is 0 Å². The molecule has 15 heavy (non-hydrogen) atoms. The highest BCUT2D eigenvalue weighted by atomic mass is 35.5. The van der Waals surface area contributed by atoms with E-state index in [9.17, 15) is 0 Å². The fourth-order valence-corrected chi connectivity index (χ4v) is 1.66. The summed E-state index contributed by atoms with van der Waals surface area (Å²) in [5, 5.41) is 0.711. The predicted molar refractivity (Wildman–Crippen MR) is 59.1 cm³/mol. The Labute approximate surface area is 97.1 Å². The average Bonchev–Trinajstić information content (AvgIpc) is 2.17. The van der Waals surface area contributed by atoms with Crippen LogP contribution in [0.15, 0.2) is 30.6 Å². The molecule has 0 amide bonds. The normalized spacial score (nSPS) is 10.3. The second-order valence-corrected chi connectivity index (χ2v) is 3.74. The van der Waals surface area contributed by atoms with E-state index in [1.165, 1.54) is 6.07 Å². The zero-order valence-electron chi connectivity index (χ0n) is 7.69. The molecule has 5 heteroatoms. The van der Waals surface area contributed by atoms with Crippen molar-refractivity contribution in [3.8, 4) is 0 Å². The van der Waals surface area contributed by atoms with Gasteiger partial charge >= 0.3 is 0 Å². The largest absolute Gasteiger partial charge is 0.264 e. The minimum atomic E-state index is 0.355. The summed E-state index contributed by atoms with van der Waals surface area (Å²) >= 11 is 11.5. The monoisotopic (exact) mass is 239 g/mol. The van der Waals surface area contributed by atoms with Gasteiger partial charge in [0.15, 0.2) is 0 Å². The minimum Gasteiger partial charge on any atom is -0.264 e. The van der Waals surface area contributed by atoms with Crippen molar-refractivity contribution < 1.29 is 0 Å². The molecule has 2 aromatic rings. The molecule has 2 rings (SSSR count). The molecular formula is C10H7Cl2N3. The van der Waals surface area contributed by atoms with Gasteiger partial charge < -0.3 is 0 Å². The molecule has 76 valence electrons. The van der Waals surface area contributed by atoms with Crippen LogP contribution in [0.5, 0.6) is 0 Å². The molecule has 0 aliphatic rings. The van der Waals surface area contributed by atoms with Gasteiger partial charge in [-0.3, -0.25) is 4.98 Å². The van der Waals surface area contributed by atoms with Crippen LogP contribution in [0, 0.1) is 0 Å². The van der Waals surface area contributed by atoms with Gasteiger partial charge in [0.05, 0.1) is 0 Å². The standard InChI is InChI=1S/C10H7Cl2N3/c11-8-5-9(12)15-10(14-8)4-7-2-1-3-13-6-7/h1-3,5-6H,4H2. The van der Waals surface area contributed by atoms with Crippen LogP contribution in [0.4, 0.5) is 0 Å². The third kappa shape index (κ3) is 2.88. The third-order valence-corrected chi connectivity index (χ3v) is 2.18. The summed E-state index contributed by atoms with van der Waals surface area (Å²) in [4.78, 5) is 12.1. The Hall–Kier alpha value is -1.19. The molecule has 0 bridgehead atoms. The van der Waals surface area contributed by atoms with E-state index in [1.807, 2.05) is 12.1 Å². The van der Waals surface area contributed by atoms with E-state index in [1.54, 1.807) is 12.4 Å². The molecule has 0 aromatic carbocycles. The van der Waals surface area contributed by atoms with Gasteiger partial charge in [0.25, 0.3) is 0 Å². The molecule has 0 spiro atoms. The van der Waals surface area contributed by atoms with Gasteiger partial charge in [-0.1, -0.05) is 29.3 Å². The zero-order chi connectivity index (χ0) is 10.7. The lowest BCUT2D eigenvalue weighted by Gasteiger charge is -2.00. The van der Waals surface area contributed by atoms with Gasteiger partial charge in [0, 0.05) is 24.9 Å². The quantitative estimate of drug-likeness (QED) is 0.757. The van der Waals surface area contributed by atoms with Crippen molar-refractivity contribution in [3.05, 3.63) is 52.3 Å². The molecule has 0 N–H and O–H groups in total. The lowest BCUT2D eigenvalue weighted by molar-refractivity contribution is 0.962. The maximum atomic E-state index is 5.77. The highest BCUT2D eigenvalue weighted by Crippen LogP contribution is 2.13. The molecule has 0 atom stereocenters. The van der Waals surface area contributed by atoms with E-state index in [2.05, 4.69) is 15.0 Å². The number of rotatable bonds is 2. The van der Waals surface area contributed by atoms with Gasteiger partial charge in [-0.05, 0) is 11.6 Å². The highest BCUT2D eigenvalue weighted by molar-refractivity contribution is 6.33. The lowest BCUT2D eigenvalue weighted by Crippen LogP contribution is -1.97. The number of hydrogen-bond donors (Lipinski definition) is 0. The zero-order valence-corrected chi connectivity index (χ0v) is 9.20. The summed E-state index contributed by atoms with van der Waals surface area (Å²) in [6, 6.07) is 5.32. The maximum absolute atomic E-state index is 5.77. The molecule has 0 radical (unpaired) electrons. The Morgan fingerprint density at radius 1 is 1.13 bits per heavy atom. The predicted octanol–water partition coefficient (Wildman–Crippen LogP) is 2.77. The van der Waals surface area contributed by atoms with Gasteiger partial charge in [-0.2, -0.15) is 0 Å². The van der Waals surface area contributed by atoms with Gasteiger partial charge in [0.1, 0.15) is 16.1 Å². The topological polar surface area (TPSA) is 38.7 Å². The molecule has 2 aromatic heterocycles. The first-order chi connectivity index (χ1) is 7.24. The Kier molecular flexibility index (Phi) is 3.14. The first-order valence-corrected chi connectivity index (χ1v) is 5.07. The molecule has 0 saturated carbocycles. The second-order valence-electron chi connectivity index (χ2n) is 2.97. The Bertz CT molecular complexity index is 439. The highest BCUT2D eigenvalue weighted by Gasteiger charge is 2.02. The fourth-order valence-electron chi connectivity index (χ4n) is 1.20. The number of halogens is 2. The molecule has 3 nitrogen and oxygen atoms in total. The first kappa shape index (κ1) is 10.3. The van der Waals surface area contributed by atoms with E-state index >= 15 is 0 Å². The molecule has 0 aliphatic carbocycles. The lowest BCUT2D eigenvalue weighted by atomic mass is 10.2. The van der Waals surface area contributed by atoms with E-state index < -0.39 is 0 Å². The van der Waals surface area contributed by atoms with Gasteiger partial charge in [0.2, 0.25) is 0 Å². The fraction of sp³-hybridized carbons (Fsp3) is 0.100. The second kappa shape index (κ2) is 4.55. The molecule has 0 aliphatic heterocycles. The minimum absolute atomic E-state index is 0.355. The number of hydrogen-bond acceptors (Lipinski definition) is 3. The van der Waals surface area contributed by atoms with Crippen LogP contribution in [0.1, 0.15) is 11.4 Å². The Morgan fingerprint density at radius 2 is 1.87 bits per heavy atom. The summed E-state index contributed by atoms with van der Waals surface area (Å²) < 4.78 is 0. The van der Waals surface area contributed by atoms with Crippen LogP contribution in [0.25, 0.3) is 0 Å². The Balaban J connectivity index is 2.25. The number of aromatic nitrogens is 3. The van der Waals surface area contributed by atoms with Crippen molar-refractivity contribution in [1.29, 1.82) is 0 Å². The van der Waals surface area contributed by atoms with Crippen LogP contribution in [0.3, 0.4) is 0 Å². The number of nitrogens with zero attached hydrogens (tertiary/aromatic N) is 3. The van der Waals surface area contributed by atoms with E-state index in [-0.39, 0.29) is 0 Å². The summed E-state index contributed by atoms with van der Waals surface area (Å²) in [6.45, 7) is 0. The smallest absolute Gasteiger partial charge is 0.136 e. The summed E-state index contributed by atoms with van der Waals surface area (Å²) in [5.41, 5.74) is 1.02. The molecule has 2 heterocycles. The van der Waals surface area contributed by atoms with Crippen molar-refractivity contribution in [3.63, 3.8) is 0 Å². The Morgan fingerprint density at radius 3 is 2.47 bits per heavy atom. The molecule has 0 fully saturated rings. The van der Waals surface area contributed by atoms with Crippen LogP contribution >= 0.6 is 23.2 Å². The average molecular weight is 240 g/mol. The van der Waals surface area contributed by atoms with Crippen molar-refractivity contribution in [2.24, 2.45) is 0 Å². The van der Waals surface area contributed by atoms with E-state index in [4.69, 9.17) is 23.2 Å². The van der Waals surface area contributed by atoms with Crippen molar-refractivity contribution >= 4 is 23.2 Å².